The lowest BCUT2D eigenvalue weighted by Crippen LogP contribution is -2.50. The summed E-state index contributed by atoms with van der Waals surface area (Å²) in [5.74, 6) is -0.697. The fourth-order valence-corrected chi connectivity index (χ4v) is 4.07. The van der Waals surface area contributed by atoms with Gasteiger partial charge in [-0.25, -0.2) is 8.78 Å². The van der Waals surface area contributed by atoms with E-state index in [-0.39, 0.29) is 42.2 Å². The highest BCUT2D eigenvalue weighted by Crippen LogP contribution is 2.30. The Hall–Kier alpha value is -3.66. The molecule has 0 saturated carbocycles. The van der Waals surface area contributed by atoms with Gasteiger partial charge >= 0.3 is 5.69 Å². The number of nitrogens with zero attached hydrogens (tertiary/aromatic N) is 5. The molecule has 1 aromatic heterocycles. The zero-order valence-corrected chi connectivity index (χ0v) is 17.8. The standard InChI is InChI=1S/C23H23F2N5O3/c24-19-5-1-17(2-6-19)23(18-3-7-20(25)8-4-18)28-13-11-27(12-14-28)22(31)9-10-29-16-21(15-26-29)30(32)33/h1-8,15-16,23H,9-14H2. The van der Waals surface area contributed by atoms with Crippen LogP contribution in [0.4, 0.5) is 14.5 Å². The summed E-state index contributed by atoms with van der Waals surface area (Å²) in [7, 11) is 0. The van der Waals surface area contributed by atoms with Gasteiger partial charge in [-0.3, -0.25) is 24.5 Å². The van der Waals surface area contributed by atoms with Gasteiger partial charge in [-0.1, -0.05) is 24.3 Å². The van der Waals surface area contributed by atoms with Gasteiger partial charge in [0.05, 0.1) is 11.0 Å². The molecule has 0 atom stereocenters. The van der Waals surface area contributed by atoms with Crippen molar-refractivity contribution in [1.29, 1.82) is 0 Å². The fraction of sp³-hybridized carbons (Fsp3) is 0.304. The van der Waals surface area contributed by atoms with Crippen molar-refractivity contribution >= 4 is 11.6 Å². The van der Waals surface area contributed by atoms with Crippen molar-refractivity contribution in [3.63, 3.8) is 0 Å². The molecule has 2 heterocycles. The summed E-state index contributed by atoms with van der Waals surface area (Å²) in [6.45, 7) is 2.48. The number of benzene rings is 2. The molecule has 1 fully saturated rings. The maximum absolute atomic E-state index is 13.5. The Morgan fingerprint density at radius 2 is 1.52 bits per heavy atom. The molecule has 0 spiro atoms. The number of rotatable bonds is 7. The molecule has 0 N–H and O–H groups in total. The van der Waals surface area contributed by atoms with E-state index in [9.17, 15) is 23.7 Å². The molecular weight excluding hydrogens is 432 g/mol. The minimum absolute atomic E-state index is 0.0482. The van der Waals surface area contributed by atoms with E-state index in [1.807, 2.05) is 0 Å². The van der Waals surface area contributed by atoms with Crippen molar-refractivity contribution in [3.05, 3.63) is 93.8 Å². The van der Waals surface area contributed by atoms with E-state index in [1.54, 1.807) is 29.2 Å². The predicted molar refractivity (Wildman–Crippen MR) is 116 cm³/mol. The third-order valence-electron chi connectivity index (χ3n) is 5.79. The summed E-state index contributed by atoms with van der Waals surface area (Å²) < 4.78 is 28.3. The van der Waals surface area contributed by atoms with Crippen LogP contribution < -0.4 is 0 Å². The number of nitro groups is 1. The van der Waals surface area contributed by atoms with Crippen molar-refractivity contribution in [2.75, 3.05) is 26.2 Å². The van der Waals surface area contributed by atoms with Crippen LogP contribution in [0.15, 0.2) is 60.9 Å². The van der Waals surface area contributed by atoms with E-state index >= 15 is 0 Å². The first-order chi connectivity index (χ1) is 15.9. The number of hydrogen-bond donors (Lipinski definition) is 0. The Balaban J connectivity index is 1.40. The van der Waals surface area contributed by atoms with Crippen molar-refractivity contribution in [3.8, 4) is 0 Å². The Morgan fingerprint density at radius 3 is 2.00 bits per heavy atom. The summed E-state index contributed by atoms with van der Waals surface area (Å²) in [5.41, 5.74) is 1.68. The highest BCUT2D eigenvalue weighted by Gasteiger charge is 2.28. The summed E-state index contributed by atoms with van der Waals surface area (Å²) in [6, 6.07) is 12.4. The second-order valence-electron chi connectivity index (χ2n) is 7.89. The molecule has 0 bridgehead atoms. The number of carbonyl (C=O) groups is 1. The molecule has 2 aromatic carbocycles. The number of aromatic nitrogens is 2. The van der Waals surface area contributed by atoms with E-state index < -0.39 is 4.92 Å². The molecule has 4 rings (SSSR count). The zero-order valence-electron chi connectivity index (χ0n) is 17.8. The second kappa shape index (κ2) is 9.86. The van der Waals surface area contributed by atoms with Gasteiger partial charge in [0, 0.05) is 39.1 Å². The normalized spacial score (nSPS) is 14.6. The summed E-state index contributed by atoms with van der Waals surface area (Å²) in [5, 5.41) is 14.7. The number of hydrogen-bond acceptors (Lipinski definition) is 5. The quantitative estimate of drug-likeness (QED) is 0.403. The molecule has 0 aliphatic carbocycles. The molecule has 172 valence electrons. The lowest BCUT2D eigenvalue weighted by atomic mass is 9.96. The maximum atomic E-state index is 13.5. The van der Waals surface area contributed by atoms with Gasteiger partial charge < -0.3 is 4.90 Å². The van der Waals surface area contributed by atoms with Gasteiger partial charge in [-0.2, -0.15) is 5.10 Å². The van der Waals surface area contributed by atoms with Crippen LogP contribution in [0.1, 0.15) is 23.6 Å². The first-order valence-corrected chi connectivity index (χ1v) is 10.6. The number of halogens is 2. The van der Waals surface area contributed by atoms with Crippen LogP contribution in [0.25, 0.3) is 0 Å². The zero-order chi connectivity index (χ0) is 23.4. The molecule has 8 nitrogen and oxygen atoms in total. The number of amides is 1. The van der Waals surface area contributed by atoms with Crippen molar-refractivity contribution in [1.82, 2.24) is 19.6 Å². The van der Waals surface area contributed by atoms with Gasteiger partial charge in [0.25, 0.3) is 0 Å². The van der Waals surface area contributed by atoms with E-state index in [2.05, 4.69) is 10.00 Å². The predicted octanol–water partition coefficient (Wildman–Crippen LogP) is 3.39. The van der Waals surface area contributed by atoms with Gasteiger partial charge in [0.15, 0.2) is 0 Å². The minimum Gasteiger partial charge on any atom is -0.340 e. The molecule has 1 saturated heterocycles. The van der Waals surface area contributed by atoms with Crippen LogP contribution in [-0.4, -0.2) is 56.6 Å². The van der Waals surface area contributed by atoms with Crippen LogP contribution >= 0.6 is 0 Å². The lowest BCUT2D eigenvalue weighted by molar-refractivity contribution is -0.385. The van der Waals surface area contributed by atoms with Gasteiger partial charge in [0.1, 0.15) is 24.0 Å². The van der Waals surface area contributed by atoms with Crippen LogP contribution in [0.5, 0.6) is 0 Å². The maximum Gasteiger partial charge on any atom is 0.306 e. The van der Waals surface area contributed by atoms with Crippen LogP contribution in [0.3, 0.4) is 0 Å². The third-order valence-corrected chi connectivity index (χ3v) is 5.79. The first kappa shape index (κ1) is 22.5. The number of piperazine rings is 1. The fourth-order valence-electron chi connectivity index (χ4n) is 4.07. The summed E-state index contributed by atoms with van der Waals surface area (Å²) >= 11 is 0. The lowest BCUT2D eigenvalue weighted by Gasteiger charge is -2.40. The largest absolute Gasteiger partial charge is 0.340 e. The average molecular weight is 455 g/mol. The molecule has 0 unspecified atom stereocenters. The third kappa shape index (κ3) is 5.40. The summed E-state index contributed by atoms with van der Waals surface area (Å²) in [6.07, 6.45) is 2.66. The Labute approximate surface area is 189 Å². The Kier molecular flexibility index (Phi) is 6.74. The monoisotopic (exact) mass is 455 g/mol. The molecule has 0 radical (unpaired) electrons. The second-order valence-corrected chi connectivity index (χ2v) is 7.89. The molecule has 1 aliphatic rings. The highest BCUT2D eigenvalue weighted by atomic mass is 19.1. The van der Waals surface area contributed by atoms with Crippen LogP contribution in [0, 0.1) is 21.7 Å². The van der Waals surface area contributed by atoms with Gasteiger partial charge in [-0.05, 0) is 35.4 Å². The Morgan fingerprint density at radius 1 is 0.970 bits per heavy atom. The molecule has 1 amide bonds. The Bertz CT molecular complexity index is 1060. The highest BCUT2D eigenvalue weighted by molar-refractivity contribution is 5.76. The number of carbonyl (C=O) groups excluding carboxylic acids is 1. The van der Waals surface area contributed by atoms with Crippen molar-refractivity contribution in [2.24, 2.45) is 0 Å². The van der Waals surface area contributed by atoms with Gasteiger partial charge in [0.2, 0.25) is 5.91 Å². The SMILES string of the molecule is O=C(CCn1cc([N+](=O)[O-])cn1)N1CCN(C(c2ccc(F)cc2)c2ccc(F)cc2)CC1. The molecule has 33 heavy (non-hydrogen) atoms. The van der Waals surface area contributed by atoms with Gasteiger partial charge in [-0.15, -0.1) is 0 Å². The van der Waals surface area contributed by atoms with E-state index in [1.165, 1.54) is 35.1 Å². The van der Waals surface area contributed by atoms with E-state index in [4.69, 9.17) is 0 Å². The van der Waals surface area contributed by atoms with Crippen LogP contribution in [0.2, 0.25) is 0 Å². The first-order valence-electron chi connectivity index (χ1n) is 10.6. The molecule has 10 heteroatoms. The van der Waals surface area contributed by atoms with E-state index in [0.717, 1.165) is 17.3 Å². The minimum atomic E-state index is -0.525. The smallest absolute Gasteiger partial charge is 0.306 e. The van der Waals surface area contributed by atoms with Crippen molar-refractivity contribution < 1.29 is 18.5 Å². The average Bonchev–Trinajstić information content (AvgIpc) is 3.30. The van der Waals surface area contributed by atoms with Crippen molar-refractivity contribution in [2.45, 2.75) is 19.0 Å². The summed E-state index contributed by atoms with van der Waals surface area (Å²) in [4.78, 5) is 26.8. The molecule has 1 aliphatic heterocycles. The van der Waals surface area contributed by atoms with Crippen LogP contribution in [-0.2, 0) is 11.3 Å². The molecular formula is C23H23F2N5O3. The van der Waals surface area contributed by atoms with E-state index in [0.29, 0.717) is 26.2 Å². The topological polar surface area (TPSA) is 84.5 Å². The number of aryl methyl sites for hydroxylation is 1. The molecule has 3 aromatic rings.